The number of halogens is 1. The molecule has 0 unspecified atom stereocenters. The van der Waals surface area contributed by atoms with Gasteiger partial charge in [0.1, 0.15) is 0 Å². The molecule has 0 atom stereocenters. The monoisotopic (exact) mass is 396 g/mol. The Hall–Kier alpha value is -0.0400. The van der Waals surface area contributed by atoms with E-state index in [1.165, 1.54) is 45.3 Å². The molecule has 1 aliphatic carbocycles. The van der Waals surface area contributed by atoms with E-state index in [9.17, 15) is 0 Å². The zero-order valence-corrected chi connectivity index (χ0v) is 15.8. The number of nitrogens with zero attached hydrogens (tertiary/aromatic N) is 2. The van der Waals surface area contributed by atoms with Gasteiger partial charge in [0.15, 0.2) is 5.96 Å². The van der Waals surface area contributed by atoms with E-state index in [0.29, 0.717) is 6.04 Å². The number of rotatable bonds is 10. The molecule has 1 aliphatic rings. The normalized spacial score (nSPS) is 15.1. The molecule has 1 rings (SSSR count). The van der Waals surface area contributed by atoms with Crippen LogP contribution in [0.2, 0.25) is 0 Å². The van der Waals surface area contributed by atoms with Crippen molar-refractivity contribution in [2.24, 2.45) is 4.99 Å². The number of hydrogen-bond acceptors (Lipinski definition) is 2. The van der Waals surface area contributed by atoms with Gasteiger partial charge in [0.25, 0.3) is 0 Å². The van der Waals surface area contributed by atoms with Crippen LogP contribution in [0.3, 0.4) is 0 Å². The van der Waals surface area contributed by atoms with Crippen molar-refractivity contribution in [2.75, 3.05) is 32.7 Å². The Morgan fingerprint density at radius 1 is 1.10 bits per heavy atom. The largest absolute Gasteiger partial charge is 0.357 e. The summed E-state index contributed by atoms with van der Waals surface area (Å²) in [7, 11) is 0. The highest BCUT2D eigenvalue weighted by atomic mass is 127. The first-order valence-corrected chi connectivity index (χ1v) is 8.07. The predicted octanol–water partition coefficient (Wildman–Crippen LogP) is 2.83. The molecule has 0 heterocycles. The Morgan fingerprint density at radius 3 is 2.25 bits per heavy atom. The van der Waals surface area contributed by atoms with Gasteiger partial charge in [0.05, 0.1) is 0 Å². The molecule has 0 aromatic heterocycles. The molecular weight excluding hydrogens is 363 g/mol. The van der Waals surface area contributed by atoms with Crippen LogP contribution in [0.4, 0.5) is 0 Å². The molecule has 2 N–H and O–H groups in total. The van der Waals surface area contributed by atoms with Crippen LogP contribution in [-0.4, -0.2) is 49.6 Å². The van der Waals surface area contributed by atoms with E-state index < -0.39 is 0 Å². The van der Waals surface area contributed by atoms with Gasteiger partial charge in [0.2, 0.25) is 0 Å². The van der Waals surface area contributed by atoms with Gasteiger partial charge in [-0.3, -0.25) is 4.99 Å². The van der Waals surface area contributed by atoms with Crippen molar-refractivity contribution in [3.05, 3.63) is 0 Å². The van der Waals surface area contributed by atoms with Gasteiger partial charge < -0.3 is 15.5 Å². The van der Waals surface area contributed by atoms with E-state index in [1.807, 2.05) is 0 Å². The summed E-state index contributed by atoms with van der Waals surface area (Å²) in [5, 5.41) is 6.77. The smallest absolute Gasteiger partial charge is 0.191 e. The van der Waals surface area contributed by atoms with Gasteiger partial charge in [-0.15, -0.1) is 24.0 Å². The van der Waals surface area contributed by atoms with Crippen LogP contribution in [0.1, 0.15) is 52.9 Å². The highest BCUT2D eigenvalue weighted by Crippen LogP contribution is 2.18. The second-order valence-electron chi connectivity index (χ2n) is 5.37. The molecule has 0 amide bonds. The highest BCUT2D eigenvalue weighted by Gasteiger charge is 2.21. The second kappa shape index (κ2) is 12.7. The lowest BCUT2D eigenvalue weighted by atomic mass is 10.3. The average Bonchev–Trinajstić information content (AvgIpc) is 3.19. The molecule has 5 heteroatoms. The minimum absolute atomic E-state index is 0. The summed E-state index contributed by atoms with van der Waals surface area (Å²) in [5.41, 5.74) is 0. The van der Waals surface area contributed by atoms with Gasteiger partial charge in [-0.2, -0.15) is 0 Å². The highest BCUT2D eigenvalue weighted by molar-refractivity contribution is 14.0. The first-order valence-electron chi connectivity index (χ1n) is 8.07. The molecule has 0 bridgehead atoms. The van der Waals surface area contributed by atoms with Gasteiger partial charge in [-0.25, -0.2) is 0 Å². The third kappa shape index (κ3) is 9.80. The summed E-state index contributed by atoms with van der Waals surface area (Å²) >= 11 is 0. The maximum atomic E-state index is 4.65. The molecule has 1 saturated carbocycles. The van der Waals surface area contributed by atoms with Crippen molar-refractivity contribution in [1.29, 1.82) is 0 Å². The third-order valence-electron chi connectivity index (χ3n) is 3.24. The SMILES string of the molecule is CCCN(CCC)CCCN=C(NCC)NC1CC1.I. The standard InChI is InChI=1S/C15H32N4.HI/c1-4-11-19(12-5-2)13-7-10-17-15(16-6-3)18-14-8-9-14;/h14H,4-13H2,1-3H3,(H2,16,17,18);1H. The quantitative estimate of drug-likeness (QED) is 0.258. The minimum atomic E-state index is 0. The first kappa shape index (κ1) is 20.0. The molecule has 0 radical (unpaired) electrons. The van der Waals surface area contributed by atoms with Crippen molar-refractivity contribution in [3.8, 4) is 0 Å². The molecule has 20 heavy (non-hydrogen) atoms. The van der Waals surface area contributed by atoms with Gasteiger partial charge in [-0.05, 0) is 58.7 Å². The lowest BCUT2D eigenvalue weighted by molar-refractivity contribution is 0.273. The molecule has 0 aromatic rings. The first-order chi connectivity index (χ1) is 9.30. The lowest BCUT2D eigenvalue weighted by Crippen LogP contribution is -2.38. The lowest BCUT2D eigenvalue weighted by Gasteiger charge is -2.20. The minimum Gasteiger partial charge on any atom is -0.357 e. The van der Waals surface area contributed by atoms with Crippen LogP contribution in [0.15, 0.2) is 4.99 Å². The maximum Gasteiger partial charge on any atom is 0.191 e. The third-order valence-corrected chi connectivity index (χ3v) is 3.24. The molecule has 1 fully saturated rings. The van der Waals surface area contributed by atoms with E-state index in [4.69, 9.17) is 0 Å². The van der Waals surface area contributed by atoms with E-state index in [0.717, 1.165) is 25.5 Å². The number of hydrogen-bond donors (Lipinski definition) is 2. The molecule has 0 saturated heterocycles. The number of aliphatic imine (C=N–C) groups is 1. The van der Waals surface area contributed by atoms with E-state index >= 15 is 0 Å². The molecule has 120 valence electrons. The summed E-state index contributed by atoms with van der Waals surface area (Å²) in [6.07, 6.45) is 6.24. The van der Waals surface area contributed by atoms with E-state index in [2.05, 4.69) is 41.3 Å². The summed E-state index contributed by atoms with van der Waals surface area (Å²) < 4.78 is 0. The zero-order chi connectivity index (χ0) is 13.9. The Morgan fingerprint density at radius 2 is 1.75 bits per heavy atom. The van der Waals surface area contributed by atoms with Crippen molar-refractivity contribution in [3.63, 3.8) is 0 Å². The topological polar surface area (TPSA) is 39.7 Å². The van der Waals surface area contributed by atoms with Crippen LogP contribution < -0.4 is 10.6 Å². The second-order valence-corrected chi connectivity index (χ2v) is 5.37. The van der Waals surface area contributed by atoms with Gasteiger partial charge >= 0.3 is 0 Å². The van der Waals surface area contributed by atoms with Crippen molar-refractivity contribution >= 4 is 29.9 Å². The Balaban J connectivity index is 0.00000361. The zero-order valence-electron chi connectivity index (χ0n) is 13.5. The summed E-state index contributed by atoms with van der Waals surface area (Å²) in [5.74, 6) is 1.00. The molecule has 0 aromatic carbocycles. The number of guanidine groups is 1. The van der Waals surface area contributed by atoms with Gasteiger partial charge in [0, 0.05) is 19.1 Å². The van der Waals surface area contributed by atoms with Crippen molar-refractivity contribution < 1.29 is 0 Å². The van der Waals surface area contributed by atoms with Crippen LogP contribution in [0, 0.1) is 0 Å². The van der Waals surface area contributed by atoms with E-state index in [-0.39, 0.29) is 24.0 Å². The summed E-state index contributed by atoms with van der Waals surface area (Å²) in [6, 6.07) is 0.675. The Labute approximate surface area is 142 Å². The van der Waals surface area contributed by atoms with Crippen LogP contribution >= 0.6 is 24.0 Å². The molecule has 4 nitrogen and oxygen atoms in total. The number of nitrogens with one attached hydrogen (secondary N) is 2. The maximum absolute atomic E-state index is 4.65. The summed E-state index contributed by atoms with van der Waals surface area (Å²) in [4.78, 5) is 7.21. The fourth-order valence-corrected chi connectivity index (χ4v) is 2.19. The molecule has 0 spiro atoms. The van der Waals surface area contributed by atoms with Crippen molar-refractivity contribution in [2.45, 2.75) is 58.9 Å². The molecular formula is C15H33IN4. The van der Waals surface area contributed by atoms with Crippen LogP contribution in [-0.2, 0) is 0 Å². The fraction of sp³-hybridized carbons (Fsp3) is 0.933. The Bertz CT molecular complexity index is 248. The molecule has 0 aliphatic heterocycles. The average molecular weight is 396 g/mol. The summed E-state index contributed by atoms with van der Waals surface area (Å²) in [6.45, 7) is 12.1. The van der Waals surface area contributed by atoms with Crippen molar-refractivity contribution in [1.82, 2.24) is 15.5 Å². The Kier molecular flexibility index (Phi) is 12.7. The van der Waals surface area contributed by atoms with E-state index in [1.54, 1.807) is 0 Å². The van der Waals surface area contributed by atoms with Crippen LogP contribution in [0.5, 0.6) is 0 Å². The predicted molar refractivity (Wildman–Crippen MR) is 99.2 cm³/mol. The van der Waals surface area contributed by atoms with Crippen LogP contribution in [0.25, 0.3) is 0 Å². The fourth-order valence-electron chi connectivity index (χ4n) is 2.19. The van der Waals surface area contributed by atoms with Gasteiger partial charge in [-0.1, -0.05) is 13.8 Å².